The number of halogens is 1. The van der Waals surface area contributed by atoms with Crippen LogP contribution >= 0.6 is 11.6 Å². The molecule has 1 atom stereocenters. The molecule has 0 fully saturated rings. The first-order chi connectivity index (χ1) is 15.4. The second-order valence-corrected chi connectivity index (χ2v) is 8.30. The first-order valence-electron chi connectivity index (χ1n) is 11.2. The maximum atomic E-state index is 11.7. The molecule has 2 aromatic carbocycles. The number of anilines is 2. The number of rotatable bonds is 13. The van der Waals surface area contributed by atoms with E-state index in [-0.39, 0.29) is 5.75 Å². The van der Waals surface area contributed by atoms with Gasteiger partial charge in [-0.3, -0.25) is 14.6 Å². The molecule has 0 spiro atoms. The molecule has 3 rings (SSSR count). The lowest BCUT2D eigenvalue weighted by Crippen LogP contribution is -2.38. The van der Waals surface area contributed by atoms with E-state index in [2.05, 4.69) is 34.4 Å². The summed E-state index contributed by atoms with van der Waals surface area (Å²) in [5.41, 5.74) is 1.24. The van der Waals surface area contributed by atoms with E-state index in [1.54, 1.807) is 13.1 Å². The van der Waals surface area contributed by atoms with Gasteiger partial charge in [0, 0.05) is 41.4 Å². The van der Waals surface area contributed by atoms with E-state index >= 15 is 0 Å². The molecule has 1 unspecified atom stereocenters. The lowest BCUT2D eigenvalue weighted by atomic mass is 10.1. The third kappa shape index (κ3) is 5.78. The molecular weight excluding hydrogens is 428 g/mol. The van der Waals surface area contributed by atoms with Crippen LogP contribution in [-0.4, -0.2) is 48.7 Å². The topological polar surface area (TPSA) is 83.6 Å². The number of benzene rings is 1. The minimum Gasteiger partial charge on any atom is -0.488 e. The van der Waals surface area contributed by atoms with Gasteiger partial charge in [0.25, 0.3) is 10.9 Å². The van der Waals surface area contributed by atoms with E-state index in [1.165, 1.54) is 0 Å². The molecule has 7 nitrogen and oxygen atoms in total. The van der Waals surface area contributed by atoms with E-state index in [4.69, 9.17) is 16.3 Å². The number of pyridine rings is 1. The highest BCUT2D eigenvalue weighted by Gasteiger charge is 2.21. The van der Waals surface area contributed by atoms with Crippen molar-refractivity contribution in [1.82, 2.24) is 9.88 Å². The average Bonchev–Trinajstić information content (AvgIpc) is 2.79. The number of nitrogens with zero attached hydrogens (tertiary/aromatic N) is 2. The van der Waals surface area contributed by atoms with Gasteiger partial charge in [-0.1, -0.05) is 18.5 Å². The van der Waals surface area contributed by atoms with Crippen LogP contribution in [0.4, 0.5) is 11.4 Å². The average molecular weight is 459 g/mol. The molecule has 172 valence electrons. The summed E-state index contributed by atoms with van der Waals surface area (Å²) < 4.78 is 5.25. The molecule has 0 bridgehead atoms. The highest BCUT2D eigenvalue weighted by molar-refractivity contribution is 6.31. The van der Waals surface area contributed by atoms with Crippen LogP contribution in [0.15, 0.2) is 40.1 Å². The van der Waals surface area contributed by atoms with Gasteiger partial charge in [-0.25, -0.2) is 0 Å². The molecule has 1 heterocycles. The van der Waals surface area contributed by atoms with E-state index < -0.39 is 10.9 Å². The molecule has 0 aliphatic heterocycles. The molecule has 0 radical (unpaired) electrons. The molecule has 1 aromatic heterocycles. The van der Waals surface area contributed by atoms with Crippen molar-refractivity contribution in [1.29, 1.82) is 0 Å². The van der Waals surface area contributed by atoms with Crippen molar-refractivity contribution in [2.45, 2.75) is 39.7 Å². The molecule has 2 N–H and O–H groups in total. The monoisotopic (exact) mass is 458 g/mol. The van der Waals surface area contributed by atoms with Crippen LogP contribution in [0.2, 0.25) is 5.02 Å². The molecule has 0 amide bonds. The quantitative estimate of drug-likeness (QED) is 0.376. The van der Waals surface area contributed by atoms with Crippen molar-refractivity contribution in [2.24, 2.45) is 0 Å². The molecule has 3 aromatic rings. The van der Waals surface area contributed by atoms with Crippen LogP contribution in [-0.2, 0) is 0 Å². The van der Waals surface area contributed by atoms with Gasteiger partial charge >= 0.3 is 0 Å². The van der Waals surface area contributed by atoms with Crippen LogP contribution < -0.4 is 26.2 Å². The number of hydrogen-bond donors (Lipinski definition) is 2. The zero-order chi connectivity index (χ0) is 23.1. The number of nitrogens with one attached hydrogen (secondary N) is 2. The summed E-state index contributed by atoms with van der Waals surface area (Å²) in [6.45, 7) is 9.74. The highest BCUT2D eigenvalue weighted by Crippen LogP contribution is 2.25. The second-order valence-electron chi connectivity index (χ2n) is 7.86. The fourth-order valence-corrected chi connectivity index (χ4v) is 3.95. The van der Waals surface area contributed by atoms with Gasteiger partial charge in [-0.2, -0.15) is 0 Å². The van der Waals surface area contributed by atoms with Crippen molar-refractivity contribution in [3.63, 3.8) is 0 Å². The maximum absolute atomic E-state index is 11.7. The summed E-state index contributed by atoms with van der Waals surface area (Å²) in [7, 11) is 0. The summed E-state index contributed by atoms with van der Waals surface area (Å²) in [6, 6.07) is 8.06. The SMILES string of the molecule is CCOc1c(NCCN(CC)CCCC(C)Nc2ccnc3cc(Cl)ccc23)c(=O)c1=O. The van der Waals surface area contributed by atoms with E-state index in [0.717, 1.165) is 49.1 Å². The Bertz CT molecular complexity index is 1110. The second kappa shape index (κ2) is 11.3. The molecule has 0 saturated heterocycles. The van der Waals surface area contributed by atoms with E-state index in [9.17, 15) is 9.59 Å². The van der Waals surface area contributed by atoms with Crippen LogP contribution in [0, 0.1) is 0 Å². The molecule has 0 saturated carbocycles. The van der Waals surface area contributed by atoms with Crippen molar-refractivity contribution >= 4 is 33.9 Å². The summed E-state index contributed by atoms with van der Waals surface area (Å²) in [5, 5.41) is 8.41. The van der Waals surface area contributed by atoms with Gasteiger partial charge in [0.1, 0.15) is 5.69 Å². The Hall–Kier alpha value is -2.64. The molecule has 8 heteroatoms. The van der Waals surface area contributed by atoms with Crippen LogP contribution in [0.25, 0.3) is 10.9 Å². The van der Waals surface area contributed by atoms with Gasteiger partial charge in [-0.15, -0.1) is 0 Å². The summed E-state index contributed by atoms with van der Waals surface area (Å²) in [5.74, 6) is 0.173. The predicted octanol–water partition coefficient (Wildman–Crippen LogP) is 3.90. The standard InChI is InChI=1S/C24H31ClN4O3/c1-4-29(14-12-27-21-22(30)23(31)24(21)32-5-2)13-6-7-16(3)28-19-10-11-26-20-15-17(25)8-9-18(19)20/h8-11,15-16,27H,4-7,12-14H2,1-3H3,(H,26,28). The Morgan fingerprint density at radius 2 is 1.97 bits per heavy atom. The normalized spacial score (nSPS) is 12.4. The summed E-state index contributed by atoms with van der Waals surface area (Å²) in [6.07, 6.45) is 3.86. The molecule has 0 aliphatic carbocycles. The smallest absolute Gasteiger partial charge is 0.272 e. The van der Waals surface area contributed by atoms with Crippen molar-refractivity contribution < 1.29 is 4.74 Å². The van der Waals surface area contributed by atoms with Gasteiger partial charge in [0.2, 0.25) is 0 Å². The largest absolute Gasteiger partial charge is 0.488 e. The highest BCUT2D eigenvalue weighted by atomic mass is 35.5. The number of hydrogen-bond acceptors (Lipinski definition) is 7. The van der Waals surface area contributed by atoms with Gasteiger partial charge in [0.15, 0.2) is 5.75 Å². The summed E-state index contributed by atoms with van der Waals surface area (Å²) in [4.78, 5) is 30.0. The van der Waals surface area contributed by atoms with Crippen molar-refractivity contribution in [3.8, 4) is 5.75 Å². The van der Waals surface area contributed by atoms with Gasteiger partial charge in [-0.05, 0) is 64.0 Å². The summed E-state index contributed by atoms with van der Waals surface area (Å²) >= 11 is 6.08. The molecule has 0 aliphatic rings. The van der Waals surface area contributed by atoms with Gasteiger partial charge < -0.3 is 20.3 Å². The van der Waals surface area contributed by atoms with Crippen molar-refractivity contribution in [2.75, 3.05) is 43.4 Å². The third-order valence-corrected chi connectivity index (χ3v) is 5.79. The van der Waals surface area contributed by atoms with E-state index in [1.807, 2.05) is 24.3 Å². The minimum absolute atomic E-state index is 0.173. The predicted molar refractivity (Wildman–Crippen MR) is 132 cm³/mol. The Balaban J connectivity index is 1.43. The lowest BCUT2D eigenvalue weighted by Gasteiger charge is -2.23. The zero-order valence-corrected chi connectivity index (χ0v) is 19.7. The van der Waals surface area contributed by atoms with Crippen LogP contribution in [0.3, 0.4) is 0 Å². The Morgan fingerprint density at radius 1 is 1.16 bits per heavy atom. The minimum atomic E-state index is -0.534. The number of likely N-dealkylation sites (N-methyl/N-ethyl adjacent to an activating group) is 1. The first kappa shape index (κ1) is 24.0. The fraction of sp³-hybridized carbons (Fsp3) is 0.458. The fourth-order valence-electron chi connectivity index (χ4n) is 3.79. The molecular formula is C24H31ClN4O3. The maximum Gasteiger partial charge on any atom is 0.272 e. The van der Waals surface area contributed by atoms with Crippen molar-refractivity contribution in [3.05, 3.63) is 55.9 Å². The van der Waals surface area contributed by atoms with Crippen LogP contribution in [0.1, 0.15) is 33.6 Å². The Kier molecular flexibility index (Phi) is 8.47. The Labute approximate surface area is 193 Å². The first-order valence-corrected chi connectivity index (χ1v) is 11.6. The number of ether oxygens (including phenoxy) is 1. The van der Waals surface area contributed by atoms with Gasteiger partial charge in [0.05, 0.1) is 12.1 Å². The lowest BCUT2D eigenvalue weighted by molar-refractivity contribution is 0.290. The number of aromatic nitrogens is 1. The molecule has 32 heavy (non-hydrogen) atoms. The Morgan fingerprint density at radius 3 is 2.72 bits per heavy atom. The number of fused-ring (bicyclic) bond motifs is 1. The third-order valence-electron chi connectivity index (χ3n) is 5.55. The zero-order valence-electron chi connectivity index (χ0n) is 18.9. The van der Waals surface area contributed by atoms with E-state index in [0.29, 0.717) is 29.9 Å². The van der Waals surface area contributed by atoms with Crippen LogP contribution in [0.5, 0.6) is 5.75 Å².